The molecule has 3 aromatic rings. The molecule has 0 aliphatic heterocycles. The van der Waals surface area contributed by atoms with Crippen LogP contribution in [0.15, 0.2) is 41.0 Å². The van der Waals surface area contributed by atoms with E-state index in [-0.39, 0.29) is 11.7 Å². The second-order valence-corrected chi connectivity index (χ2v) is 5.30. The van der Waals surface area contributed by atoms with Crippen molar-refractivity contribution < 1.29 is 13.6 Å². The lowest BCUT2D eigenvalue weighted by atomic mass is 10.3. The van der Waals surface area contributed by atoms with E-state index in [1.807, 2.05) is 0 Å². The van der Waals surface area contributed by atoms with Crippen molar-refractivity contribution in [1.29, 1.82) is 0 Å². The maximum atomic E-state index is 13.2. The summed E-state index contributed by atoms with van der Waals surface area (Å²) in [5.74, 6) is 0.222. The number of aromatic nitrogens is 1. The zero-order valence-corrected chi connectivity index (χ0v) is 11.5. The Balaban J connectivity index is 1.98. The summed E-state index contributed by atoms with van der Waals surface area (Å²) in [6, 6.07) is 7.94. The topological polar surface area (TPSA) is 46.3 Å². The maximum absolute atomic E-state index is 13.2. The molecule has 0 radical (unpaired) electrons. The average Bonchev–Trinajstić information content (AvgIpc) is 3.03. The summed E-state index contributed by atoms with van der Waals surface area (Å²) in [5, 5.41) is 0.537. The zero-order chi connectivity index (χ0) is 14.1. The Morgan fingerprint density at radius 1 is 1.45 bits per heavy atom. The van der Waals surface area contributed by atoms with Crippen molar-refractivity contribution in [3.8, 4) is 0 Å². The summed E-state index contributed by atoms with van der Waals surface area (Å²) in [7, 11) is 0. The van der Waals surface area contributed by atoms with E-state index in [1.165, 1.54) is 35.3 Å². The summed E-state index contributed by atoms with van der Waals surface area (Å²) >= 11 is 1.28. The molecule has 2 aromatic heterocycles. The van der Waals surface area contributed by atoms with Gasteiger partial charge in [0.25, 0.3) is 0 Å². The Morgan fingerprint density at radius 3 is 3.00 bits per heavy atom. The molecule has 0 fully saturated rings. The van der Waals surface area contributed by atoms with Gasteiger partial charge in [-0.2, -0.15) is 0 Å². The van der Waals surface area contributed by atoms with Gasteiger partial charge in [0.2, 0.25) is 5.91 Å². The van der Waals surface area contributed by atoms with Gasteiger partial charge in [0, 0.05) is 6.92 Å². The number of carbonyl (C=O) groups excluding carboxylic acids is 1. The number of hydrogen-bond donors (Lipinski definition) is 0. The Kier molecular flexibility index (Phi) is 3.23. The molecule has 0 atom stereocenters. The van der Waals surface area contributed by atoms with Crippen LogP contribution in [0.3, 0.4) is 0 Å². The van der Waals surface area contributed by atoms with Gasteiger partial charge in [0.05, 0.1) is 23.0 Å². The summed E-state index contributed by atoms with van der Waals surface area (Å²) in [4.78, 5) is 17.7. The van der Waals surface area contributed by atoms with Crippen molar-refractivity contribution >= 4 is 32.6 Å². The molecule has 0 spiro atoms. The fourth-order valence-corrected chi connectivity index (χ4v) is 2.91. The normalized spacial score (nSPS) is 10.9. The quantitative estimate of drug-likeness (QED) is 0.740. The molecule has 0 unspecified atom stereocenters. The Labute approximate surface area is 118 Å². The first-order chi connectivity index (χ1) is 9.63. The molecule has 102 valence electrons. The summed E-state index contributed by atoms with van der Waals surface area (Å²) < 4.78 is 19.2. The molecule has 0 saturated carbocycles. The van der Waals surface area contributed by atoms with Crippen LogP contribution in [-0.4, -0.2) is 10.9 Å². The predicted octanol–water partition coefficient (Wildman–Crippen LogP) is 3.58. The van der Waals surface area contributed by atoms with E-state index in [0.29, 0.717) is 27.7 Å². The lowest BCUT2D eigenvalue weighted by molar-refractivity contribution is -0.116. The highest BCUT2D eigenvalue weighted by Gasteiger charge is 2.18. The number of fused-ring (bicyclic) bond motifs is 1. The Morgan fingerprint density at radius 2 is 2.30 bits per heavy atom. The third kappa shape index (κ3) is 2.42. The molecule has 2 heterocycles. The fourth-order valence-electron chi connectivity index (χ4n) is 1.87. The van der Waals surface area contributed by atoms with Gasteiger partial charge in [-0.25, -0.2) is 9.37 Å². The minimum atomic E-state index is -0.312. The molecule has 1 aromatic carbocycles. The summed E-state index contributed by atoms with van der Waals surface area (Å²) in [6.07, 6.45) is 1.56. The van der Waals surface area contributed by atoms with Gasteiger partial charge < -0.3 is 4.42 Å². The predicted molar refractivity (Wildman–Crippen MR) is 75.2 cm³/mol. The van der Waals surface area contributed by atoms with Crippen LogP contribution in [0.5, 0.6) is 0 Å². The van der Waals surface area contributed by atoms with Gasteiger partial charge in [0.1, 0.15) is 11.6 Å². The van der Waals surface area contributed by atoms with Crippen LogP contribution in [0.2, 0.25) is 0 Å². The highest BCUT2D eigenvalue weighted by atomic mass is 32.1. The van der Waals surface area contributed by atoms with Crippen LogP contribution in [0.1, 0.15) is 12.7 Å². The van der Waals surface area contributed by atoms with Gasteiger partial charge in [-0.05, 0) is 30.3 Å². The van der Waals surface area contributed by atoms with Crippen LogP contribution in [0, 0.1) is 5.82 Å². The lowest BCUT2D eigenvalue weighted by Crippen LogP contribution is -2.27. The van der Waals surface area contributed by atoms with Crippen LogP contribution >= 0.6 is 11.3 Å². The SMILES string of the molecule is CC(=O)N(Cc1ccco1)c1nc2ccc(F)cc2s1. The van der Waals surface area contributed by atoms with Crippen LogP contribution < -0.4 is 4.90 Å². The van der Waals surface area contributed by atoms with E-state index >= 15 is 0 Å². The van der Waals surface area contributed by atoms with Crippen LogP contribution in [-0.2, 0) is 11.3 Å². The van der Waals surface area contributed by atoms with Crippen LogP contribution in [0.25, 0.3) is 10.2 Å². The smallest absolute Gasteiger partial charge is 0.226 e. The first-order valence-corrected chi connectivity index (χ1v) is 6.82. The minimum absolute atomic E-state index is 0.138. The minimum Gasteiger partial charge on any atom is -0.467 e. The number of carbonyl (C=O) groups is 1. The molecule has 0 bridgehead atoms. The number of nitrogens with zero attached hydrogens (tertiary/aromatic N) is 2. The van der Waals surface area contributed by atoms with Gasteiger partial charge in [0.15, 0.2) is 5.13 Å². The van der Waals surface area contributed by atoms with Crippen molar-refractivity contribution in [2.75, 3.05) is 4.90 Å². The maximum Gasteiger partial charge on any atom is 0.226 e. The van der Waals surface area contributed by atoms with E-state index in [4.69, 9.17) is 4.42 Å². The van der Waals surface area contributed by atoms with Crippen LogP contribution in [0.4, 0.5) is 9.52 Å². The van der Waals surface area contributed by atoms with E-state index in [0.717, 1.165) is 0 Å². The van der Waals surface area contributed by atoms with E-state index < -0.39 is 0 Å². The molecule has 4 nitrogen and oxygen atoms in total. The molecule has 0 saturated heterocycles. The highest BCUT2D eigenvalue weighted by molar-refractivity contribution is 7.22. The lowest BCUT2D eigenvalue weighted by Gasteiger charge is -2.15. The molecular formula is C14H11FN2O2S. The fraction of sp³-hybridized carbons (Fsp3) is 0.143. The second-order valence-electron chi connectivity index (χ2n) is 4.29. The summed E-state index contributed by atoms with van der Waals surface area (Å²) in [6.45, 7) is 1.78. The molecule has 0 aliphatic rings. The molecule has 0 aliphatic carbocycles. The molecule has 1 amide bonds. The molecule has 20 heavy (non-hydrogen) atoms. The monoisotopic (exact) mass is 290 g/mol. The summed E-state index contributed by atoms with van der Waals surface area (Å²) in [5.41, 5.74) is 0.678. The van der Waals surface area contributed by atoms with Crippen molar-refractivity contribution in [3.63, 3.8) is 0 Å². The number of benzene rings is 1. The number of rotatable bonds is 3. The third-order valence-corrected chi connectivity index (χ3v) is 3.89. The second kappa shape index (κ2) is 5.05. The van der Waals surface area contributed by atoms with E-state index in [2.05, 4.69) is 4.98 Å². The molecule has 3 rings (SSSR count). The molecular weight excluding hydrogens is 279 g/mol. The van der Waals surface area contributed by atoms with E-state index in [9.17, 15) is 9.18 Å². The Bertz CT molecular complexity index is 752. The van der Waals surface area contributed by atoms with E-state index in [1.54, 1.807) is 24.5 Å². The first kappa shape index (κ1) is 12.8. The van der Waals surface area contributed by atoms with Crippen molar-refractivity contribution in [2.45, 2.75) is 13.5 Å². The third-order valence-electron chi connectivity index (χ3n) is 2.84. The number of thiazole rings is 1. The average molecular weight is 290 g/mol. The first-order valence-electron chi connectivity index (χ1n) is 6.00. The molecule has 6 heteroatoms. The van der Waals surface area contributed by atoms with Gasteiger partial charge in [-0.15, -0.1) is 0 Å². The van der Waals surface area contributed by atoms with Gasteiger partial charge in [-0.3, -0.25) is 9.69 Å². The van der Waals surface area contributed by atoms with Crippen molar-refractivity contribution in [3.05, 3.63) is 48.2 Å². The largest absolute Gasteiger partial charge is 0.467 e. The van der Waals surface area contributed by atoms with Gasteiger partial charge >= 0.3 is 0 Å². The van der Waals surface area contributed by atoms with Crippen molar-refractivity contribution in [2.24, 2.45) is 0 Å². The highest BCUT2D eigenvalue weighted by Crippen LogP contribution is 2.30. The zero-order valence-electron chi connectivity index (χ0n) is 10.7. The standard InChI is InChI=1S/C14H11FN2O2S/c1-9(18)17(8-11-3-2-6-19-11)14-16-12-5-4-10(15)7-13(12)20-14/h2-7H,8H2,1H3. The number of anilines is 1. The van der Waals surface area contributed by atoms with Crippen molar-refractivity contribution in [1.82, 2.24) is 4.98 Å². The molecule has 0 N–H and O–H groups in total. The number of furan rings is 1. The number of halogens is 1. The Hall–Kier alpha value is -2.21. The van der Waals surface area contributed by atoms with Gasteiger partial charge in [-0.1, -0.05) is 11.3 Å². The number of hydrogen-bond acceptors (Lipinski definition) is 4. The number of amides is 1.